The van der Waals surface area contributed by atoms with Crippen LogP contribution in [0.4, 0.5) is 22.9 Å². The number of carbonyl (C=O) groups excluding carboxylic acids is 3. The van der Waals surface area contributed by atoms with Gasteiger partial charge in [0, 0.05) is 23.4 Å². The maximum atomic E-state index is 13.7. The minimum absolute atomic E-state index is 0.0201. The van der Waals surface area contributed by atoms with Gasteiger partial charge in [-0.1, -0.05) is 36.4 Å². The number of carbonyl (C=O) groups is 3. The van der Waals surface area contributed by atoms with E-state index >= 15 is 0 Å². The summed E-state index contributed by atoms with van der Waals surface area (Å²) in [4.78, 5) is 53.0. The Morgan fingerprint density at radius 2 is 1.67 bits per heavy atom. The van der Waals surface area contributed by atoms with Crippen LogP contribution in [0.15, 0.2) is 89.5 Å². The van der Waals surface area contributed by atoms with E-state index in [4.69, 9.17) is 16.7 Å². The molecule has 1 aliphatic rings. The molecule has 5 rings (SSSR count). The van der Waals surface area contributed by atoms with Gasteiger partial charge in [0.1, 0.15) is 12.6 Å². The van der Waals surface area contributed by atoms with Crippen molar-refractivity contribution in [3.05, 3.63) is 106 Å². The lowest BCUT2D eigenvalue weighted by molar-refractivity contribution is -0.746. The van der Waals surface area contributed by atoms with Crippen molar-refractivity contribution in [2.24, 2.45) is 7.05 Å². The number of amides is 3. The predicted octanol–water partition coefficient (Wildman–Crippen LogP) is 3.19. The number of para-hydroxylation sites is 1. The van der Waals surface area contributed by atoms with Crippen molar-refractivity contribution in [2.75, 3.05) is 15.5 Å². The van der Waals surface area contributed by atoms with Crippen LogP contribution >= 0.6 is 12.2 Å². The van der Waals surface area contributed by atoms with Crippen molar-refractivity contribution < 1.29 is 28.5 Å². The molecule has 0 radical (unpaired) electrons. The highest BCUT2D eigenvalue weighted by Crippen LogP contribution is 2.29. The van der Waals surface area contributed by atoms with Gasteiger partial charge < -0.3 is 10.2 Å². The van der Waals surface area contributed by atoms with E-state index in [0.717, 1.165) is 0 Å². The normalized spacial score (nSPS) is 14.6. The average Bonchev–Trinajstić information content (AvgIpc) is 3.44. The summed E-state index contributed by atoms with van der Waals surface area (Å²) in [6.07, 6.45) is -0.278. The third-order valence-corrected chi connectivity index (χ3v) is 6.98. The molecule has 1 atom stereocenters. The molecule has 0 saturated carbocycles. The average molecular weight is 587 g/mol. The SMILES string of the molecule is C[n+]1noc(NC(=O)c2ccccc2)c1CN1C(=S)N(c2ccccc2)C(=O)C1CC(=O)Nc1ccc([N+](=O)[O-])cc1. The van der Waals surface area contributed by atoms with Gasteiger partial charge in [0.2, 0.25) is 11.2 Å². The number of non-ortho nitro benzene ring substituents is 1. The summed E-state index contributed by atoms with van der Waals surface area (Å²) < 4.78 is 6.79. The fourth-order valence-electron chi connectivity index (χ4n) is 4.43. The number of nitro groups is 1. The number of nitro benzene ring substituents is 1. The highest BCUT2D eigenvalue weighted by molar-refractivity contribution is 7.80. The quantitative estimate of drug-likeness (QED) is 0.130. The number of nitrogens with one attached hydrogen (secondary N) is 2. The van der Waals surface area contributed by atoms with Gasteiger partial charge in [-0.25, -0.2) is 0 Å². The summed E-state index contributed by atoms with van der Waals surface area (Å²) in [6.45, 7) is -0.0201. The number of aryl methyl sites for hydroxylation is 1. The van der Waals surface area contributed by atoms with Gasteiger partial charge in [-0.2, -0.15) is 0 Å². The van der Waals surface area contributed by atoms with E-state index in [9.17, 15) is 24.5 Å². The molecular formula is C28H24N7O6S+. The topological polar surface area (TPSA) is 155 Å². The standard InChI is InChI=1S/C28H23N7O6S/c1-32-23(26(41-31-32)30-25(37)18-8-4-2-5-9-18)17-33-22(27(38)34(28(33)42)20-10-6-3-7-11-20)16-24(36)29-19-12-14-21(15-13-19)35(39)40/h2-15,22H,16-17H2,1H3,(H-,29,30,31,36,37)/p+1. The van der Waals surface area contributed by atoms with Crippen LogP contribution in [0.2, 0.25) is 0 Å². The molecule has 2 N–H and O–H groups in total. The molecule has 1 aliphatic heterocycles. The van der Waals surface area contributed by atoms with E-state index in [2.05, 4.69) is 15.9 Å². The largest absolute Gasteiger partial charge is 0.326 e. The second-order valence-electron chi connectivity index (χ2n) is 9.28. The minimum Gasteiger partial charge on any atom is -0.326 e. The fraction of sp³-hybridized carbons (Fsp3) is 0.143. The number of benzene rings is 3. The molecule has 1 saturated heterocycles. The number of anilines is 3. The molecule has 1 unspecified atom stereocenters. The number of hydrogen-bond acceptors (Lipinski definition) is 8. The molecule has 1 aromatic heterocycles. The zero-order valence-electron chi connectivity index (χ0n) is 22.2. The Balaban J connectivity index is 1.41. The summed E-state index contributed by atoms with van der Waals surface area (Å²) in [7, 11) is 1.61. The van der Waals surface area contributed by atoms with Gasteiger partial charge in [0.15, 0.2) is 12.2 Å². The second-order valence-corrected chi connectivity index (χ2v) is 9.65. The third-order valence-electron chi connectivity index (χ3n) is 6.56. The third kappa shape index (κ3) is 5.83. The van der Waals surface area contributed by atoms with Crippen LogP contribution in [-0.2, 0) is 23.2 Å². The van der Waals surface area contributed by atoms with Gasteiger partial charge in [-0.3, -0.25) is 39.2 Å². The number of aromatic nitrogens is 2. The van der Waals surface area contributed by atoms with Crippen LogP contribution in [0.25, 0.3) is 0 Å². The first kappa shape index (κ1) is 28.0. The molecule has 3 aromatic carbocycles. The first-order valence-corrected chi connectivity index (χ1v) is 13.1. The summed E-state index contributed by atoms with van der Waals surface area (Å²) in [5, 5.41) is 20.4. The molecule has 3 amide bonds. The Labute approximate surface area is 244 Å². The van der Waals surface area contributed by atoms with Crippen molar-refractivity contribution in [2.45, 2.75) is 19.0 Å². The molecule has 0 spiro atoms. The highest BCUT2D eigenvalue weighted by Gasteiger charge is 2.46. The Hall–Kier alpha value is -5.50. The maximum Gasteiger partial charge on any atom is 0.307 e. The van der Waals surface area contributed by atoms with Gasteiger partial charge in [0.25, 0.3) is 23.2 Å². The number of nitrogens with zero attached hydrogens (tertiary/aromatic N) is 5. The van der Waals surface area contributed by atoms with Crippen LogP contribution in [0.5, 0.6) is 0 Å². The van der Waals surface area contributed by atoms with Crippen LogP contribution in [0, 0.1) is 10.1 Å². The van der Waals surface area contributed by atoms with Crippen LogP contribution in [0.1, 0.15) is 22.5 Å². The molecule has 0 bridgehead atoms. The fourth-order valence-corrected chi connectivity index (χ4v) is 4.82. The van der Waals surface area contributed by atoms with E-state index in [1.807, 2.05) is 0 Å². The van der Waals surface area contributed by atoms with E-state index in [-0.39, 0.29) is 29.6 Å². The summed E-state index contributed by atoms with van der Waals surface area (Å²) >= 11 is 5.73. The van der Waals surface area contributed by atoms with Crippen LogP contribution < -0.4 is 20.2 Å². The molecule has 1 fully saturated rings. The van der Waals surface area contributed by atoms with Gasteiger partial charge >= 0.3 is 5.88 Å². The second kappa shape index (κ2) is 11.9. The Bertz CT molecular complexity index is 1660. The van der Waals surface area contributed by atoms with Gasteiger partial charge in [-0.05, 0) is 53.3 Å². The molecular weight excluding hydrogens is 562 g/mol. The molecule has 14 heteroatoms. The molecule has 0 aliphatic carbocycles. The Morgan fingerprint density at radius 1 is 1.02 bits per heavy atom. The smallest absolute Gasteiger partial charge is 0.307 e. The maximum absolute atomic E-state index is 13.7. The Kier molecular flexibility index (Phi) is 7.97. The first-order valence-electron chi connectivity index (χ1n) is 12.7. The monoisotopic (exact) mass is 586 g/mol. The molecule has 42 heavy (non-hydrogen) atoms. The van der Waals surface area contributed by atoms with Crippen LogP contribution in [-0.4, -0.2) is 44.0 Å². The van der Waals surface area contributed by atoms with E-state index in [1.165, 1.54) is 33.8 Å². The van der Waals surface area contributed by atoms with E-state index < -0.39 is 28.7 Å². The highest BCUT2D eigenvalue weighted by atomic mass is 32.1. The number of rotatable bonds is 9. The lowest BCUT2D eigenvalue weighted by Gasteiger charge is -2.22. The van der Waals surface area contributed by atoms with Gasteiger partial charge in [-0.15, -0.1) is 0 Å². The summed E-state index contributed by atoms with van der Waals surface area (Å²) in [5.74, 6) is -1.27. The van der Waals surface area contributed by atoms with E-state index in [0.29, 0.717) is 22.6 Å². The summed E-state index contributed by atoms with van der Waals surface area (Å²) in [5.41, 5.74) is 1.56. The van der Waals surface area contributed by atoms with Gasteiger partial charge in [0.05, 0.1) is 17.0 Å². The van der Waals surface area contributed by atoms with Crippen molar-refractivity contribution >= 4 is 58.0 Å². The van der Waals surface area contributed by atoms with Crippen molar-refractivity contribution in [3.63, 3.8) is 0 Å². The van der Waals surface area contributed by atoms with Crippen molar-refractivity contribution in [1.29, 1.82) is 0 Å². The number of thiocarbonyl (C=S) groups is 1. The zero-order valence-corrected chi connectivity index (χ0v) is 23.0. The Morgan fingerprint density at radius 3 is 2.31 bits per heavy atom. The van der Waals surface area contributed by atoms with Crippen molar-refractivity contribution in [3.8, 4) is 0 Å². The van der Waals surface area contributed by atoms with Crippen LogP contribution in [0.3, 0.4) is 0 Å². The number of hydrogen-bond donors (Lipinski definition) is 2. The first-order chi connectivity index (χ1) is 20.2. The molecule has 212 valence electrons. The lowest BCUT2D eigenvalue weighted by atomic mass is 10.1. The zero-order chi connectivity index (χ0) is 29.8. The summed E-state index contributed by atoms with van der Waals surface area (Å²) in [6, 6.07) is 21.7. The van der Waals surface area contributed by atoms with E-state index in [1.54, 1.807) is 72.6 Å². The minimum atomic E-state index is -1.01. The van der Waals surface area contributed by atoms with Crippen molar-refractivity contribution in [1.82, 2.24) is 10.2 Å². The molecule has 13 nitrogen and oxygen atoms in total. The predicted molar refractivity (Wildman–Crippen MR) is 154 cm³/mol. The molecule has 4 aromatic rings. The molecule has 2 heterocycles. The lowest BCUT2D eigenvalue weighted by Crippen LogP contribution is -2.43.